The van der Waals surface area contributed by atoms with Gasteiger partial charge in [0.05, 0.1) is 17.9 Å². The molecular formula is C14H19NO5S. The maximum atomic E-state index is 12.7. The summed E-state index contributed by atoms with van der Waals surface area (Å²) in [5.41, 5.74) is 0. The number of hydrogen-bond acceptors (Lipinski definition) is 4. The van der Waals surface area contributed by atoms with Gasteiger partial charge >= 0.3 is 5.97 Å². The SMILES string of the molecule is COc1cccc(S(=O)(=O)N2CCC(C(=O)O)CC2C)c1. The van der Waals surface area contributed by atoms with Crippen molar-refractivity contribution in [3.05, 3.63) is 24.3 Å². The van der Waals surface area contributed by atoms with E-state index in [0.29, 0.717) is 18.6 Å². The summed E-state index contributed by atoms with van der Waals surface area (Å²) in [4.78, 5) is 11.2. The zero-order valence-corrected chi connectivity index (χ0v) is 12.8. The van der Waals surface area contributed by atoms with Crippen LogP contribution in [0, 0.1) is 5.92 Å². The van der Waals surface area contributed by atoms with Crippen molar-refractivity contribution in [2.45, 2.75) is 30.7 Å². The number of carbonyl (C=O) groups is 1. The number of carboxylic acids is 1. The second kappa shape index (κ2) is 6.03. The van der Waals surface area contributed by atoms with Crippen molar-refractivity contribution < 1.29 is 23.1 Å². The van der Waals surface area contributed by atoms with Gasteiger partial charge in [0.25, 0.3) is 0 Å². The molecular weight excluding hydrogens is 294 g/mol. The minimum Gasteiger partial charge on any atom is -0.497 e. The van der Waals surface area contributed by atoms with Gasteiger partial charge in [-0.2, -0.15) is 4.31 Å². The highest BCUT2D eigenvalue weighted by Gasteiger charge is 2.36. The van der Waals surface area contributed by atoms with Gasteiger partial charge < -0.3 is 9.84 Å². The normalized spacial score (nSPS) is 23.7. The topological polar surface area (TPSA) is 83.9 Å². The van der Waals surface area contributed by atoms with E-state index >= 15 is 0 Å². The van der Waals surface area contributed by atoms with Crippen LogP contribution in [0.15, 0.2) is 29.2 Å². The fourth-order valence-electron chi connectivity index (χ4n) is 2.63. The monoisotopic (exact) mass is 313 g/mol. The summed E-state index contributed by atoms with van der Waals surface area (Å²) in [7, 11) is -2.15. The standard InChI is InChI=1S/C14H19NO5S/c1-10-8-11(14(16)17)6-7-15(10)21(18,19)13-5-3-4-12(9-13)20-2/h3-5,9-11H,6-8H2,1-2H3,(H,16,17). The van der Waals surface area contributed by atoms with Gasteiger partial charge in [0, 0.05) is 18.7 Å². The highest BCUT2D eigenvalue weighted by molar-refractivity contribution is 7.89. The van der Waals surface area contributed by atoms with E-state index in [1.165, 1.54) is 23.5 Å². The van der Waals surface area contributed by atoms with Crippen LogP contribution in [0.4, 0.5) is 0 Å². The number of benzene rings is 1. The maximum absolute atomic E-state index is 12.7. The molecule has 0 amide bonds. The highest BCUT2D eigenvalue weighted by Crippen LogP contribution is 2.29. The number of rotatable bonds is 4. The number of sulfonamides is 1. The van der Waals surface area contributed by atoms with E-state index in [9.17, 15) is 13.2 Å². The minimum atomic E-state index is -3.63. The molecule has 1 aromatic rings. The minimum absolute atomic E-state index is 0.169. The molecule has 1 aliphatic heterocycles. The van der Waals surface area contributed by atoms with Gasteiger partial charge in [0.2, 0.25) is 10.0 Å². The summed E-state index contributed by atoms with van der Waals surface area (Å²) in [5, 5.41) is 9.05. The second-order valence-electron chi connectivity index (χ2n) is 5.20. The Morgan fingerprint density at radius 1 is 1.43 bits per heavy atom. The maximum Gasteiger partial charge on any atom is 0.306 e. The smallest absolute Gasteiger partial charge is 0.306 e. The second-order valence-corrected chi connectivity index (χ2v) is 7.09. The van der Waals surface area contributed by atoms with Gasteiger partial charge in [-0.25, -0.2) is 8.42 Å². The predicted octanol–water partition coefficient (Wildman–Crippen LogP) is 1.57. The molecule has 0 bridgehead atoms. The van der Waals surface area contributed by atoms with Gasteiger partial charge in [-0.1, -0.05) is 6.07 Å². The number of ether oxygens (including phenoxy) is 1. The van der Waals surface area contributed by atoms with Crippen molar-refractivity contribution in [2.75, 3.05) is 13.7 Å². The number of nitrogens with zero attached hydrogens (tertiary/aromatic N) is 1. The van der Waals surface area contributed by atoms with E-state index in [-0.39, 0.29) is 17.5 Å². The van der Waals surface area contributed by atoms with Gasteiger partial charge in [-0.05, 0) is 31.9 Å². The van der Waals surface area contributed by atoms with E-state index in [2.05, 4.69) is 0 Å². The molecule has 116 valence electrons. The molecule has 0 saturated carbocycles. The van der Waals surface area contributed by atoms with Crippen LogP contribution in [0.25, 0.3) is 0 Å². The van der Waals surface area contributed by atoms with Crippen LogP contribution in [-0.2, 0) is 14.8 Å². The first kappa shape index (κ1) is 15.8. The quantitative estimate of drug-likeness (QED) is 0.912. The van der Waals surface area contributed by atoms with Crippen molar-refractivity contribution in [3.8, 4) is 5.75 Å². The molecule has 1 heterocycles. The third-order valence-corrected chi connectivity index (χ3v) is 5.82. The first-order chi connectivity index (χ1) is 9.86. The van der Waals surface area contributed by atoms with Crippen LogP contribution in [0.2, 0.25) is 0 Å². The van der Waals surface area contributed by atoms with Gasteiger partial charge in [-0.15, -0.1) is 0 Å². The van der Waals surface area contributed by atoms with Crippen molar-refractivity contribution in [3.63, 3.8) is 0 Å². The Bertz CT molecular complexity index is 628. The van der Waals surface area contributed by atoms with E-state index in [0.717, 1.165) is 0 Å². The summed E-state index contributed by atoms with van der Waals surface area (Å²) >= 11 is 0. The molecule has 1 N–H and O–H groups in total. The Kier molecular flexibility index (Phi) is 4.53. The fraction of sp³-hybridized carbons (Fsp3) is 0.500. The zero-order chi connectivity index (χ0) is 15.6. The molecule has 6 nitrogen and oxygen atoms in total. The average molecular weight is 313 g/mol. The van der Waals surface area contributed by atoms with Crippen molar-refractivity contribution in [1.29, 1.82) is 0 Å². The summed E-state index contributed by atoms with van der Waals surface area (Å²) in [5.74, 6) is -0.860. The summed E-state index contributed by atoms with van der Waals surface area (Å²) in [6.07, 6.45) is 0.668. The number of hydrogen-bond donors (Lipinski definition) is 1. The van der Waals surface area contributed by atoms with E-state index in [4.69, 9.17) is 9.84 Å². The molecule has 1 aromatic carbocycles. The van der Waals surface area contributed by atoms with Gasteiger partial charge in [-0.3, -0.25) is 4.79 Å². The van der Waals surface area contributed by atoms with Crippen molar-refractivity contribution in [1.82, 2.24) is 4.31 Å². The molecule has 2 unspecified atom stereocenters. The molecule has 1 saturated heterocycles. The van der Waals surface area contributed by atoms with Crippen molar-refractivity contribution >= 4 is 16.0 Å². The van der Waals surface area contributed by atoms with Crippen molar-refractivity contribution in [2.24, 2.45) is 5.92 Å². The Labute approximate surface area is 124 Å². The summed E-state index contributed by atoms with van der Waals surface area (Å²) < 4.78 is 31.8. The number of piperidine rings is 1. The highest BCUT2D eigenvalue weighted by atomic mass is 32.2. The Balaban J connectivity index is 2.25. The molecule has 21 heavy (non-hydrogen) atoms. The average Bonchev–Trinajstić information content (AvgIpc) is 2.46. The molecule has 7 heteroatoms. The van der Waals surface area contributed by atoms with Crippen LogP contribution >= 0.6 is 0 Å². The third kappa shape index (κ3) is 3.19. The molecule has 2 rings (SSSR count). The van der Waals surface area contributed by atoms with Crippen LogP contribution in [-0.4, -0.2) is 43.5 Å². The van der Waals surface area contributed by atoms with Crippen LogP contribution in [0.3, 0.4) is 0 Å². The largest absolute Gasteiger partial charge is 0.497 e. The van der Waals surface area contributed by atoms with E-state index in [1.807, 2.05) is 0 Å². The Morgan fingerprint density at radius 3 is 2.71 bits per heavy atom. The summed E-state index contributed by atoms with van der Waals surface area (Å²) in [6.45, 7) is 1.96. The van der Waals surface area contributed by atoms with E-state index in [1.54, 1.807) is 19.1 Å². The molecule has 0 spiro atoms. The van der Waals surface area contributed by atoms with Gasteiger partial charge in [0.15, 0.2) is 0 Å². The number of carboxylic acid groups (broad SMARTS) is 1. The first-order valence-electron chi connectivity index (χ1n) is 6.75. The third-order valence-electron chi connectivity index (χ3n) is 3.81. The van der Waals surface area contributed by atoms with E-state index < -0.39 is 21.9 Å². The summed E-state index contributed by atoms with van der Waals surface area (Å²) in [6, 6.07) is 5.97. The van der Waals surface area contributed by atoms with Crippen LogP contribution in [0.1, 0.15) is 19.8 Å². The van der Waals surface area contributed by atoms with Gasteiger partial charge in [0.1, 0.15) is 5.75 Å². The first-order valence-corrected chi connectivity index (χ1v) is 8.19. The lowest BCUT2D eigenvalue weighted by molar-refractivity contribution is -0.143. The fourth-order valence-corrected chi connectivity index (χ4v) is 4.32. The number of aliphatic carboxylic acids is 1. The number of methoxy groups -OCH3 is 1. The lowest BCUT2D eigenvalue weighted by atomic mass is 9.93. The molecule has 2 atom stereocenters. The lowest BCUT2D eigenvalue weighted by Gasteiger charge is -2.35. The zero-order valence-electron chi connectivity index (χ0n) is 12.0. The molecule has 1 aliphatic rings. The molecule has 0 aliphatic carbocycles. The lowest BCUT2D eigenvalue weighted by Crippen LogP contribution is -2.45. The van der Waals surface area contributed by atoms with Crippen LogP contribution in [0.5, 0.6) is 5.75 Å². The molecule has 1 fully saturated rings. The predicted molar refractivity (Wildman–Crippen MR) is 76.7 cm³/mol. The molecule has 0 aromatic heterocycles. The molecule has 0 radical (unpaired) electrons. The van der Waals surface area contributed by atoms with Crippen LogP contribution < -0.4 is 4.74 Å². The Morgan fingerprint density at radius 2 is 2.14 bits per heavy atom. The Hall–Kier alpha value is -1.60.